The van der Waals surface area contributed by atoms with Crippen molar-refractivity contribution in [3.05, 3.63) is 77.4 Å². The van der Waals surface area contributed by atoms with Gasteiger partial charge in [0.15, 0.2) is 11.5 Å². The van der Waals surface area contributed by atoms with E-state index in [9.17, 15) is 14.7 Å². The number of piperazine rings is 1. The zero-order valence-electron chi connectivity index (χ0n) is 29.9. The summed E-state index contributed by atoms with van der Waals surface area (Å²) in [7, 11) is 1.49. The van der Waals surface area contributed by atoms with Gasteiger partial charge in [0.25, 0.3) is 5.56 Å². The van der Waals surface area contributed by atoms with Gasteiger partial charge in [0.2, 0.25) is 5.95 Å². The van der Waals surface area contributed by atoms with E-state index in [1.165, 1.54) is 36.8 Å². The largest absolute Gasteiger partial charge is 0.469 e. The standard InChI is InChI=1S/C38H49N9O4/c1-5-17-46-35(48)31-22-39-37(42-34(31)47(46)33-8-6-7-32(41-33)38(2,3)50)40-28-11-15-29(16-12-28)44-20-18-43(19-21-44)23-26-24-45(25-26)30-13-9-27(10-14-30)36(49)51-4/h5-8,11-12,15-16,22,26-27,30,50H,1,9-10,13-14,17-21,23-25H2,2-4H3,(H,39,40,42). The van der Waals surface area contributed by atoms with Gasteiger partial charge in [-0.2, -0.15) is 4.98 Å². The van der Waals surface area contributed by atoms with Gasteiger partial charge in [-0.1, -0.05) is 12.1 Å². The summed E-state index contributed by atoms with van der Waals surface area (Å²) in [5, 5.41) is 14.2. The van der Waals surface area contributed by atoms with E-state index < -0.39 is 5.60 Å². The molecule has 0 unspecified atom stereocenters. The average Bonchev–Trinajstić information content (AvgIpc) is 3.39. The van der Waals surface area contributed by atoms with Gasteiger partial charge in [-0.15, -0.1) is 6.58 Å². The number of aromatic nitrogens is 5. The highest BCUT2D eigenvalue weighted by Crippen LogP contribution is 2.33. The summed E-state index contributed by atoms with van der Waals surface area (Å²) in [6.07, 6.45) is 7.30. The number of rotatable bonds is 11. The second-order valence-corrected chi connectivity index (χ2v) is 14.7. The summed E-state index contributed by atoms with van der Waals surface area (Å²) in [4.78, 5) is 46.7. The first-order valence-corrected chi connectivity index (χ1v) is 18.1. The van der Waals surface area contributed by atoms with Crippen molar-refractivity contribution in [1.29, 1.82) is 0 Å². The minimum absolute atomic E-state index is 0.0414. The smallest absolute Gasteiger partial charge is 0.308 e. The number of methoxy groups -OCH3 is 1. The van der Waals surface area contributed by atoms with Gasteiger partial charge < -0.3 is 20.1 Å². The first kappa shape index (κ1) is 34.8. The maximum atomic E-state index is 13.3. The van der Waals surface area contributed by atoms with Crippen LogP contribution in [0.3, 0.4) is 0 Å². The van der Waals surface area contributed by atoms with E-state index in [4.69, 9.17) is 9.72 Å². The molecule has 13 nitrogen and oxygen atoms in total. The van der Waals surface area contributed by atoms with Crippen molar-refractivity contribution >= 4 is 34.3 Å². The molecule has 0 bridgehead atoms. The minimum Gasteiger partial charge on any atom is -0.469 e. The Hall–Kier alpha value is -4.59. The van der Waals surface area contributed by atoms with Crippen LogP contribution in [0.1, 0.15) is 45.2 Å². The zero-order chi connectivity index (χ0) is 35.7. The molecule has 0 radical (unpaired) electrons. The minimum atomic E-state index is -1.15. The third-order valence-corrected chi connectivity index (χ3v) is 10.7. The number of carbonyl (C=O) groups excluding carboxylic acids is 1. The number of allylic oxidation sites excluding steroid dienone is 1. The van der Waals surface area contributed by atoms with Gasteiger partial charge in [0.05, 0.1) is 25.3 Å². The Labute approximate surface area is 298 Å². The van der Waals surface area contributed by atoms with Crippen LogP contribution < -0.4 is 15.8 Å². The second-order valence-electron chi connectivity index (χ2n) is 14.7. The van der Waals surface area contributed by atoms with Crippen molar-refractivity contribution < 1.29 is 14.6 Å². The molecule has 0 spiro atoms. The molecule has 270 valence electrons. The number of hydrogen-bond acceptors (Lipinski definition) is 11. The van der Waals surface area contributed by atoms with Crippen molar-refractivity contribution in [2.24, 2.45) is 11.8 Å². The monoisotopic (exact) mass is 695 g/mol. The molecule has 2 aliphatic heterocycles. The van der Waals surface area contributed by atoms with Gasteiger partial charge >= 0.3 is 5.97 Å². The van der Waals surface area contributed by atoms with E-state index >= 15 is 0 Å². The lowest BCUT2D eigenvalue weighted by Crippen LogP contribution is -2.58. The number of nitrogens with one attached hydrogen (secondary N) is 1. The summed E-state index contributed by atoms with van der Waals surface area (Å²) < 4.78 is 8.12. The fourth-order valence-electron chi connectivity index (χ4n) is 7.80. The zero-order valence-corrected chi connectivity index (χ0v) is 29.9. The van der Waals surface area contributed by atoms with E-state index in [0.717, 1.165) is 70.0 Å². The number of aliphatic hydroxyl groups is 1. The number of carbonyl (C=O) groups is 1. The van der Waals surface area contributed by atoms with Crippen LogP contribution >= 0.6 is 0 Å². The molecule has 13 heteroatoms. The summed E-state index contributed by atoms with van der Waals surface area (Å²) in [6.45, 7) is 15.0. The maximum absolute atomic E-state index is 13.3. The molecule has 3 aliphatic rings. The van der Waals surface area contributed by atoms with E-state index in [1.807, 2.05) is 12.1 Å². The van der Waals surface area contributed by atoms with Crippen molar-refractivity contribution in [3.8, 4) is 5.82 Å². The van der Waals surface area contributed by atoms with Crippen LogP contribution in [0.25, 0.3) is 16.9 Å². The van der Waals surface area contributed by atoms with E-state index in [2.05, 4.69) is 48.7 Å². The van der Waals surface area contributed by atoms with Crippen molar-refractivity contribution in [2.45, 2.75) is 57.7 Å². The third kappa shape index (κ3) is 7.42. The predicted molar refractivity (Wildman–Crippen MR) is 198 cm³/mol. The van der Waals surface area contributed by atoms with Gasteiger partial charge in [-0.3, -0.25) is 19.4 Å². The van der Waals surface area contributed by atoms with Crippen molar-refractivity contribution in [1.82, 2.24) is 34.1 Å². The van der Waals surface area contributed by atoms with E-state index in [-0.39, 0.29) is 24.0 Å². The Bertz CT molecular complexity index is 1910. The third-order valence-electron chi connectivity index (χ3n) is 10.7. The fourth-order valence-corrected chi connectivity index (χ4v) is 7.80. The summed E-state index contributed by atoms with van der Waals surface area (Å²) in [6, 6.07) is 14.3. The molecular weight excluding hydrogens is 646 g/mol. The van der Waals surface area contributed by atoms with Crippen LogP contribution in [0.2, 0.25) is 0 Å². The molecule has 5 heterocycles. The first-order valence-electron chi connectivity index (χ1n) is 18.1. The molecule has 4 aromatic rings. The van der Waals surface area contributed by atoms with E-state index in [0.29, 0.717) is 34.5 Å². The molecule has 1 saturated carbocycles. The van der Waals surface area contributed by atoms with Crippen molar-refractivity contribution in [3.63, 3.8) is 0 Å². The summed E-state index contributed by atoms with van der Waals surface area (Å²) >= 11 is 0. The van der Waals surface area contributed by atoms with Crippen molar-refractivity contribution in [2.75, 3.05) is 63.1 Å². The van der Waals surface area contributed by atoms with Crippen LogP contribution in [-0.2, 0) is 21.7 Å². The lowest BCUT2D eigenvalue weighted by Gasteiger charge is -2.48. The number of likely N-dealkylation sites (tertiary alicyclic amines) is 1. The molecule has 0 atom stereocenters. The van der Waals surface area contributed by atoms with Gasteiger partial charge in [-0.25, -0.2) is 19.3 Å². The number of esters is 1. The number of ether oxygens (including phenoxy) is 1. The number of anilines is 3. The van der Waals surface area contributed by atoms with E-state index in [1.54, 1.807) is 42.8 Å². The normalized spacial score (nSPS) is 20.7. The molecule has 51 heavy (non-hydrogen) atoms. The first-order chi connectivity index (χ1) is 24.6. The summed E-state index contributed by atoms with van der Waals surface area (Å²) in [5.74, 6) is 1.60. The second kappa shape index (κ2) is 14.6. The van der Waals surface area contributed by atoms with Gasteiger partial charge in [0, 0.05) is 69.4 Å². The molecule has 2 saturated heterocycles. The number of nitrogens with zero attached hydrogens (tertiary/aromatic N) is 8. The number of hydrogen-bond donors (Lipinski definition) is 2. The highest BCUT2D eigenvalue weighted by molar-refractivity contribution is 5.77. The SMILES string of the molecule is C=CCn1c(=O)c2cnc(Nc3ccc(N4CCN(CC5CN(C6CCC(C(=O)OC)CC6)C5)CC4)cc3)nc2n1-c1cccc(C(C)(C)O)n1. The molecule has 2 N–H and O–H groups in total. The molecule has 1 aliphatic carbocycles. The van der Waals surface area contributed by atoms with Crippen LogP contribution in [0.4, 0.5) is 17.3 Å². The average molecular weight is 696 g/mol. The maximum Gasteiger partial charge on any atom is 0.308 e. The Morgan fingerprint density at radius 3 is 2.43 bits per heavy atom. The number of pyridine rings is 1. The molecule has 3 aromatic heterocycles. The number of benzene rings is 1. The lowest BCUT2D eigenvalue weighted by atomic mass is 9.83. The molecular formula is C38H49N9O4. The molecule has 7 rings (SSSR count). The highest BCUT2D eigenvalue weighted by atomic mass is 16.5. The fraction of sp³-hybridized carbons (Fsp3) is 0.500. The highest BCUT2D eigenvalue weighted by Gasteiger charge is 2.37. The summed E-state index contributed by atoms with van der Waals surface area (Å²) in [5.41, 5.74) is 1.51. The topological polar surface area (TPSA) is 134 Å². The quantitative estimate of drug-likeness (QED) is 0.175. The Kier molecular flexibility index (Phi) is 9.95. The predicted octanol–water partition coefficient (Wildman–Crippen LogP) is 3.92. The molecule has 3 fully saturated rings. The lowest BCUT2D eigenvalue weighted by molar-refractivity contribution is -0.147. The van der Waals surface area contributed by atoms with Gasteiger partial charge in [-0.05, 0) is 81.8 Å². The van der Waals surface area contributed by atoms with Crippen LogP contribution in [0.5, 0.6) is 0 Å². The van der Waals surface area contributed by atoms with Crippen LogP contribution in [0, 0.1) is 11.8 Å². The van der Waals surface area contributed by atoms with Crippen LogP contribution in [-0.4, -0.2) is 104 Å². The Morgan fingerprint density at radius 1 is 1.04 bits per heavy atom. The Balaban J connectivity index is 0.946. The molecule has 1 aromatic carbocycles. The Morgan fingerprint density at radius 2 is 1.76 bits per heavy atom. The van der Waals surface area contributed by atoms with Gasteiger partial charge in [0.1, 0.15) is 11.0 Å². The molecule has 0 amide bonds. The number of fused-ring (bicyclic) bond motifs is 1. The van der Waals surface area contributed by atoms with Crippen LogP contribution in [0.15, 0.2) is 66.1 Å².